The first-order valence-electron chi connectivity index (χ1n) is 12.0. The van der Waals surface area contributed by atoms with E-state index < -0.39 is 5.54 Å². The molecule has 0 unspecified atom stereocenters. The number of hydrogen-bond acceptors (Lipinski definition) is 5. The van der Waals surface area contributed by atoms with E-state index in [0.29, 0.717) is 49.5 Å². The monoisotopic (exact) mass is 556 g/mol. The van der Waals surface area contributed by atoms with Gasteiger partial charge >= 0.3 is 0 Å². The summed E-state index contributed by atoms with van der Waals surface area (Å²) >= 11 is 8.93. The number of nitrogens with one attached hydrogen (secondary N) is 4. The fraction of sp³-hybridized carbons (Fsp3) is 0.259. The Morgan fingerprint density at radius 1 is 1.11 bits per heavy atom. The number of aromatic nitrogens is 1. The van der Waals surface area contributed by atoms with E-state index in [2.05, 4.69) is 20.9 Å². The van der Waals surface area contributed by atoms with Crippen LogP contribution >= 0.6 is 34.7 Å². The van der Waals surface area contributed by atoms with Gasteiger partial charge in [0.2, 0.25) is 5.91 Å². The van der Waals surface area contributed by atoms with E-state index >= 15 is 0 Å². The van der Waals surface area contributed by atoms with Crippen LogP contribution in [0.5, 0.6) is 0 Å². The maximum Gasteiger partial charge on any atom is 0.254 e. The summed E-state index contributed by atoms with van der Waals surface area (Å²) < 4.78 is 13.7. The van der Waals surface area contributed by atoms with Crippen molar-refractivity contribution in [2.45, 2.75) is 34.6 Å². The molecule has 10 heteroatoms. The van der Waals surface area contributed by atoms with Crippen molar-refractivity contribution in [3.63, 3.8) is 0 Å². The molecule has 2 aromatic carbocycles. The number of rotatable bonds is 8. The number of fused-ring (bicyclic) bond motifs is 1. The van der Waals surface area contributed by atoms with Gasteiger partial charge in [-0.3, -0.25) is 9.59 Å². The van der Waals surface area contributed by atoms with Crippen LogP contribution in [0.3, 0.4) is 0 Å². The lowest BCUT2D eigenvalue weighted by Gasteiger charge is -2.37. The first kappa shape index (κ1) is 25.8. The molecule has 1 aliphatic heterocycles. The van der Waals surface area contributed by atoms with Crippen molar-refractivity contribution in [2.24, 2.45) is 0 Å². The number of amides is 2. The minimum absolute atomic E-state index is 0.199. The number of aromatic amines is 1. The van der Waals surface area contributed by atoms with Crippen LogP contribution in [-0.2, 0) is 11.2 Å². The third-order valence-electron chi connectivity index (χ3n) is 6.57. The Bertz CT molecular complexity index is 1410. The second kappa shape index (κ2) is 11.3. The minimum atomic E-state index is -1.00. The lowest BCUT2D eigenvalue weighted by atomic mass is 9.86. The zero-order valence-electron chi connectivity index (χ0n) is 19.9. The van der Waals surface area contributed by atoms with Gasteiger partial charge < -0.3 is 20.9 Å². The van der Waals surface area contributed by atoms with Gasteiger partial charge in [-0.05, 0) is 80.4 Å². The van der Waals surface area contributed by atoms with Crippen LogP contribution in [-0.4, -0.2) is 42.0 Å². The van der Waals surface area contributed by atoms with Crippen LogP contribution in [0.4, 0.5) is 4.39 Å². The Labute approximate surface area is 227 Å². The number of hydrogen-bond donors (Lipinski definition) is 4. The lowest BCUT2D eigenvalue weighted by Crippen LogP contribution is -2.63. The highest BCUT2D eigenvalue weighted by Gasteiger charge is 2.41. The first-order chi connectivity index (χ1) is 17.9. The third kappa shape index (κ3) is 5.85. The SMILES string of the molecule is O=C(NC1(C(=O)NCCc2c[nH]c3ccc(F)cc23)CCNCC1)c1cscc1Sc1ccc(Cl)cc1. The summed E-state index contributed by atoms with van der Waals surface area (Å²) in [6, 6.07) is 12.1. The molecular formula is C27H26ClFN4O2S2. The number of carbonyl (C=O) groups excluding carboxylic acids is 2. The number of benzene rings is 2. The van der Waals surface area contributed by atoms with Crippen molar-refractivity contribution in [3.8, 4) is 0 Å². The van der Waals surface area contributed by atoms with Gasteiger partial charge in [0.15, 0.2) is 0 Å². The maximum atomic E-state index is 13.7. The summed E-state index contributed by atoms with van der Waals surface area (Å²) in [6.45, 7) is 1.64. The van der Waals surface area contributed by atoms with Gasteiger partial charge in [0.05, 0.1) is 5.56 Å². The molecule has 0 bridgehead atoms. The van der Waals surface area contributed by atoms with Gasteiger partial charge in [0.25, 0.3) is 5.91 Å². The lowest BCUT2D eigenvalue weighted by molar-refractivity contribution is -0.128. The second-order valence-electron chi connectivity index (χ2n) is 9.00. The van der Waals surface area contributed by atoms with Gasteiger partial charge in [0, 0.05) is 49.2 Å². The molecule has 0 spiro atoms. The zero-order valence-corrected chi connectivity index (χ0v) is 22.3. The van der Waals surface area contributed by atoms with Crippen LogP contribution in [0.15, 0.2) is 69.2 Å². The Kier molecular flexibility index (Phi) is 7.85. The van der Waals surface area contributed by atoms with Gasteiger partial charge in [-0.1, -0.05) is 23.4 Å². The quantitative estimate of drug-likeness (QED) is 0.235. The van der Waals surface area contributed by atoms with E-state index in [1.807, 2.05) is 41.2 Å². The number of halogens is 2. The van der Waals surface area contributed by atoms with Crippen LogP contribution in [0.2, 0.25) is 5.02 Å². The molecule has 0 radical (unpaired) electrons. The minimum Gasteiger partial charge on any atom is -0.361 e. The van der Waals surface area contributed by atoms with Gasteiger partial charge in [-0.15, -0.1) is 0 Å². The van der Waals surface area contributed by atoms with Crippen molar-refractivity contribution in [2.75, 3.05) is 19.6 Å². The van der Waals surface area contributed by atoms with Crippen molar-refractivity contribution in [1.82, 2.24) is 20.9 Å². The third-order valence-corrected chi connectivity index (χ3v) is 8.78. The smallest absolute Gasteiger partial charge is 0.254 e. The van der Waals surface area contributed by atoms with Crippen molar-refractivity contribution in [1.29, 1.82) is 0 Å². The summed E-state index contributed by atoms with van der Waals surface area (Å²) in [6.07, 6.45) is 3.37. The van der Waals surface area contributed by atoms with Gasteiger partial charge in [-0.25, -0.2) is 4.39 Å². The highest BCUT2D eigenvalue weighted by molar-refractivity contribution is 7.99. The molecule has 6 nitrogen and oxygen atoms in total. The second-order valence-corrected chi connectivity index (χ2v) is 11.3. The van der Waals surface area contributed by atoms with E-state index in [-0.39, 0.29) is 17.6 Å². The highest BCUT2D eigenvalue weighted by atomic mass is 35.5. The molecule has 1 fully saturated rings. The van der Waals surface area contributed by atoms with E-state index in [9.17, 15) is 14.0 Å². The standard InChI is InChI=1S/C27H26ClFN4O2S2/c28-18-1-4-20(5-2-18)37-24-16-36-15-22(24)25(34)33-27(8-11-30-12-9-27)26(35)31-10-7-17-14-32-23-6-3-19(29)13-21(17)23/h1-6,13-16,30,32H,7-12H2,(H,31,35)(H,33,34). The molecule has 1 aliphatic rings. The van der Waals surface area contributed by atoms with Crippen LogP contribution in [0.25, 0.3) is 10.9 Å². The molecule has 4 N–H and O–H groups in total. The predicted molar refractivity (Wildman–Crippen MR) is 147 cm³/mol. The molecule has 192 valence electrons. The number of thiophene rings is 1. The van der Waals surface area contributed by atoms with E-state index in [1.165, 1.54) is 35.2 Å². The summed E-state index contributed by atoms with van der Waals surface area (Å²) in [5.74, 6) is -0.756. The molecule has 2 amide bonds. The molecule has 0 aliphatic carbocycles. The largest absolute Gasteiger partial charge is 0.361 e. The number of carbonyl (C=O) groups is 2. The fourth-order valence-corrected chi connectivity index (χ4v) is 6.58. The zero-order chi connectivity index (χ0) is 25.8. The van der Waals surface area contributed by atoms with E-state index in [0.717, 1.165) is 26.3 Å². The summed E-state index contributed by atoms with van der Waals surface area (Å²) in [5, 5.41) is 14.6. The average molecular weight is 557 g/mol. The average Bonchev–Trinajstić information content (AvgIpc) is 3.53. The molecule has 4 aromatic rings. The van der Waals surface area contributed by atoms with Crippen LogP contribution in [0, 0.1) is 5.82 Å². The Morgan fingerprint density at radius 3 is 2.68 bits per heavy atom. The van der Waals surface area contributed by atoms with E-state index in [1.54, 1.807) is 6.07 Å². The van der Waals surface area contributed by atoms with Crippen molar-refractivity contribution < 1.29 is 14.0 Å². The Hall–Kier alpha value is -2.85. The normalized spacial score (nSPS) is 15.0. The molecule has 0 atom stereocenters. The summed E-state index contributed by atoms with van der Waals surface area (Å²) in [5.41, 5.74) is 1.34. The van der Waals surface area contributed by atoms with Crippen LogP contribution < -0.4 is 16.0 Å². The molecule has 5 rings (SSSR count). The molecule has 3 heterocycles. The summed E-state index contributed by atoms with van der Waals surface area (Å²) in [7, 11) is 0. The topological polar surface area (TPSA) is 86.0 Å². The fourth-order valence-electron chi connectivity index (χ4n) is 4.54. The van der Waals surface area contributed by atoms with E-state index in [4.69, 9.17) is 11.6 Å². The Balaban J connectivity index is 1.26. The van der Waals surface area contributed by atoms with Gasteiger partial charge in [-0.2, -0.15) is 11.3 Å². The Morgan fingerprint density at radius 2 is 1.89 bits per heavy atom. The van der Waals surface area contributed by atoms with Crippen molar-refractivity contribution >= 4 is 57.4 Å². The maximum absolute atomic E-state index is 13.7. The number of piperidine rings is 1. The van der Waals surface area contributed by atoms with Gasteiger partial charge in [0.1, 0.15) is 11.4 Å². The first-order valence-corrected chi connectivity index (χ1v) is 14.1. The molecule has 2 aromatic heterocycles. The van der Waals surface area contributed by atoms with Crippen LogP contribution in [0.1, 0.15) is 28.8 Å². The summed E-state index contributed by atoms with van der Waals surface area (Å²) in [4.78, 5) is 31.8. The molecule has 1 saturated heterocycles. The molecule has 0 saturated carbocycles. The molecule has 37 heavy (non-hydrogen) atoms. The van der Waals surface area contributed by atoms with Crippen molar-refractivity contribution in [3.05, 3.63) is 81.4 Å². The highest BCUT2D eigenvalue weighted by Crippen LogP contribution is 2.34. The number of H-pyrrole nitrogens is 1. The molecular weight excluding hydrogens is 531 g/mol. The predicted octanol–water partition coefficient (Wildman–Crippen LogP) is 5.38.